The Bertz CT molecular complexity index is 582. The number of methoxy groups -OCH3 is 1. The standard InChI is InChI=1S/C12H9BrFNO3/c1-17-7-2-3-9(14)10(6-7)15-12(16)8-4-5-18-11(8)13/h2-6H,1H3,(H,15,16). The highest BCUT2D eigenvalue weighted by Crippen LogP contribution is 2.23. The second kappa shape index (κ2) is 5.22. The first-order valence-corrected chi connectivity index (χ1v) is 5.79. The lowest BCUT2D eigenvalue weighted by Crippen LogP contribution is -2.12. The van der Waals surface area contributed by atoms with Crippen molar-refractivity contribution in [1.82, 2.24) is 0 Å². The molecule has 4 nitrogen and oxygen atoms in total. The van der Waals surface area contributed by atoms with E-state index >= 15 is 0 Å². The predicted octanol–water partition coefficient (Wildman–Crippen LogP) is 3.44. The quantitative estimate of drug-likeness (QED) is 0.944. The van der Waals surface area contributed by atoms with Gasteiger partial charge in [0.1, 0.15) is 11.6 Å². The van der Waals surface area contributed by atoms with Crippen LogP contribution in [0.15, 0.2) is 39.6 Å². The smallest absolute Gasteiger partial charge is 0.260 e. The van der Waals surface area contributed by atoms with Gasteiger partial charge in [-0.05, 0) is 34.1 Å². The van der Waals surface area contributed by atoms with Crippen molar-refractivity contribution >= 4 is 27.5 Å². The molecule has 1 aromatic carbocycles. The third-order valence-electron chi connectivity index (χ3n) is 2.28. The first-order chi connectivity index (χ1) is 8.61. The van der Waals surface area contributed by atoms with Crippen molar-refractivity contribution < 1.29 is 18.3 Å². The molecule has 18 heavy (non-hydrogen) atoms. The lowest BCUT2D eigenvalue weighted by atomic mass is 10.2. The maximum Gasteiger partial charge on any atom is 0.260 e. The maximum absolute atomic E-state index is 13.5. The van der Waals surface area contributed by atoms with Crippen molar-refractivity contribution in [2.75, 3.05) is 12.4 Å². The Morgan fingerprint density at radius 1 is 1.44 bits per heavy atom. The van der Waals surface area contributed by atoms with Gasteiger partial charge in [-0.15, -0.1) is 0 Å². The highest BCUT2D eigenvalue weighted by molar-refractivity contribution is 9.10. The molecule has 6 heteroatoms. The van der Waals surface area contributed by atoms with E-state index in [0.29, 0.717) is 10.4 Å². The average molecular weight is 314 g/mol. The molecule has 0 saturated heterocycles. The number of amides is 1. The Balaban J connectivity index is 2.24. The van der Waals surface area contributed by atoms with Gasteiger partial charge < -0.3 is 14.5 Å². The van der Waals surface area contributed by atoms with Crippen LogP contribution in [0.1, 0.15) is 10.4 Å². The number of halogens is 2. The zero-order valence-corrected chi connectivity index (χ0v) is 11.0. The molecule has 1 aromatic heterocycles. The topological polar surface area (TPSA) is 51.5 Å². The summed E-state index contributed by atoms with van der Waals surface area (Å²) in [5, 5.41) is 2.44. The summed E-state index contributed by atoms with van der Waals surface area (Å²) in [6.07, 6.45) is 1.36. The van der Waals surface area contributed by atoms with Gasteiger partial charge in [-0.3, -0.25) is 4.79 Å². The molecule has 0 spiro atoms. The molecule has 2 aromatic rings. The van der Waals surface area contributed by atoms with E-state index < -0.39 is 11.7 Å². The van der Waals surface area contributed by atoms with Crippen molar-refractivity contribution in [3.05, 3.63) is 46.6 Å². The van der Waals surface area contributed by atoms with Crippen LogP contribution in [0.3, 0.4) is 0 Å². The van der Waals surface area contributed by atoms with E-state index in [0.717, 1.165) is 0 Å². The summed E-state index contributed by atoms with van der Waals surface area (Å²) in [5.74, 6) is -0.551. The number of hydrogen-bond acceptors (Lipinski definition) is 3. The molecule has 0 atom stereocenters. The number of carbonyl (C=O) groups is 1. The largest absolute Gasteiger partial charge is 0.497 e. The van der Waals surface area contributed by atoms with Gasteiger partial charge in [-0.2, -0.15) is 0 Å². The van der Waals surface area contributed by atoms with Crippen LogP contribution in [0.4, 0.5) is 10.1 Å². The number of anilines is 1. The normalized spacial score (nSPS) is 10.2. The van der Waals surface area contributed by atoms with E-state index in [9.17, 15) is 9.18 Å². The lowest BCUT2D eigenvalue weighted by Gasteiger charge is -2.07. The van der Waals surface area contributed by atoms with Crippen LogP contribution in [0, 0.1) is 5.82 Å². The van der Waals surface area contributed by atoms with Crippen LogP contribution in [0.5, 0.6) is 5.75 Å². The molecule has 0 fully saturated rings. The summed E-state index contributed by atoms with van der Waals surface area (Å²) in [4.78, 5) is 11.8. The van der Waals surface area contributed by atoms with Gasteiger partial charge in [0.05, 0.1) is 24.6 Å². The van der Waals surface area contributed by atoms with E-state index in [-0.39, 0.29) is 11.3 Å². The summed E-state index contributed by atoms with van der Waals surface area (Å²) in [6, 6.07) is 5.58. The Labute approximate surface area is 111 Å². The third kappa shape index (κ3) is 2.53. The van der Waals surface area contributed by atoms with Gasteiger partial charge in [0.25, 0.3) is 5.91 Å². The fourth-order valence-electron chi connectivity index (χ4n) is 1.37. The minimum atomic E-state index is -0.538. The highest BCUT2D eigenvalue weighted by Gasteiger charge is 2.14. The monoisotopic (exact) mass is 313 g/mol. The number of ether oxygens (including phenoxy) is 1. The molecule has 0 aliphatic rings. The first-order valence-electron chi connectivity index (χ1n) is 4.99. The average Bonchev–Trinajstić information content (AvgIpc) is 2.78. The zero-order valence-electron chi connectivity index (χ0n) is 9.37. The van der Waals surface area contributed by atoms with E-state index in [2.05, 4.69) is 21.2 Å². The summed E-state index contributed by atoms with van der Waals surface area (Å²) < 4.78 is 23.7. The number of hydrogen-bond donors (Lipinski definition) is 1. The predicted molar refractivity (Wildman–Crippen MR) is 67.3 cm³/mol. The first kappa shape index (κ1) is 12.6. The summed E-state index contributed by atoms with van der Waals surface area (Å²) in [6.45, 7) is 0. The van der Waals surface area contributed by atoms with Crippen LogP contribution < -0.4 is 10.1 Å². The molecule has 0 aliphatic carbocycles. The molecule has 1 N–H and O–H groups in total. The highest BCUT2D eigenvalue weighted by atomic mass is 79.9. The van der Waals surface area contributed by atoms with Gasteiger partial charge in [0.15, 0.2) is 4.67 Å². The molecule has 1 heterocycles. The van der Waals surface area contributed by atoms with E-state index in [1.807, 2.05) is 0 Å². The van der Waals surface area contributed by atoms with Gasteiger partial charge >= 0.3 is 0 Å². The number of benzene rings is 1. The van der Waals surface area contributed by atoms with Gasteiger partial charge in [-0.25, -0.2) is 4.39 Å². The van der Waals surface area contributed by atoms with Crippen molar-refractivity contribution in [3.63, 3.8) is 0 Å². The molecular weight excluding hydrogens is 305 g/mol. The fourth-order valence-corrected chi connectivity index (χ4v) is 1.79. The van der Waals surface area contributed by atoms with Gasteiger partial charge in [0.2, 0.25) is 0 Å². The SMILES string of the molecule is COc1ccc(F)c(NC(=O)c2ccoc2Br)c1. The third-order valence-corrected chi connectivity index (χ3v) is 2.90. The zero-order chi connectivity index (χ0) is 13.1. The van der Waals surface area contributed by atoms with Crippen molar-refractivity contribution in [3.8, 4) is 5.75 Å². The number of rotatable bonds is 3. The summed E-state index contributed by atoms with van der Waals surface area (Å²) >= 11 is 3.08. The fraction of sp³-hybridized carbons (Fsp3) is 0.0833. The van der Waals surface area contributed by atoms with Crippen LogP contribution in [0.2, 0.25) is 0 Å². The van der Waals surface area contributed by atoms with Gasteiger partial charge in [0, 0.05) is 6.07 Å². The van der Waals surface area contributed by atoms with Crippen LogP contribution in [0.25, 0.3) is 0 Å². The van der Waals surface area contributed by atoms with Crippen LogP contribution >= 0.6 is 15.9 Å². The van der Waals surface area contributed by atoms with Crippen molar-refractivity contribution in [2.45, 2.75) is 0 Å². The van der Waals surface area contributed by atoms with E-state index in [1.54, 1.807) is 0 Å². The molecule has 0 saturated carbocycles. The second-order valence-electron chi connectivity index (χ2n) is 3.41. The molecule has 2 rings (SSSR count). The minimum Gasteiger partial charge on any atom is -0.497 e. The van der Waals surface area contributed by atoms with Crippen LogP contribution in [-0.2, 0) is 0 Å². The summed E-state index contributed by atoms with van der Waals surface area (Å²) in [7, 11) is 1.46. The molecule has 1 amide bonds. The molecule has 0 bridgehead atoms. The van der Waals surface area contributed by atoms with Gasteiger partial charge in [-0.1, -0.05) is 0 Å². The number of furan rings is 1. The molecule has 0 unspecified atom stereocenters. The molecular formula is C12H9BrFNO3. The molecule has 0 radical (unpaired) electrons. The van der Waals surface area contributed by atoms with Crippen molar-refractivity contribution in [2.24, 2.45) is 0 Å². The van der Waals surface area contributed by atoms with E-state index in [1.165, 1.54) is 37.6 Å². The second-order valence-corrected chi connectivity index (χ2v) is 4.13. The van der Waals surface area contributed by atoms with Crippen molar-refractivity contribution in [1.29, 1.82) is 0 Å². The minimum absolute atomic E-state index is 0.0486. The Morgan fingerprint density at radius 2 is 2.22 bits per heavy atom. The van der Waals surface area contributed by atoms with E-state index in [4.69, 9.17) is 9.15 Å². The molecule has 0 aliphatic heterocycles. The summed E-state index contributed by atoms with van der Waals surface area (Å²) in [5.41, 5.74) is 0.338. The van der Waals surface area contributed by atoms with Crippen LogP contribution in [-0.4, -0.2) is 13.0 Å². The Morgan fingerprint density at radius 3 is 2.83 bits per heavy atom. The lowest BCUT2D eigenvalue weighted by molar-refractivity contribution is 0.102. The molecule has 94 valence electrons. The Hall–Kier alpha value is -1.82. The number of nitrogens with one attached hydrogen (secondary N) is 1. The maximum atomic E-state index is 13.5. The number of carbonyl (C=O) groups excluding carboxylic acids is 1. The Kier molecular flexibility index (Phi) is 3.66.